The molecule has 0 aliphatic rings. The van der Waals surface area contributed by atoms with Crippen LogP contribution in [-0.2, 0) is 6.42 Å². The second kappa shape index (κ2) is 11.5. The third-order valence-electron chi connectivity index (χ3n) is 2.34. The third-order valence-corrected chi connectivity index (χ3v) is 2.34. The minimum absolute atomic E-state index is 0.621. The van der Waals surface area contributed by atoms with E-state index >= 15 is 0 Å². The molecule has 19 heavy (non-hydrogen) atoms. The van der Waals surface area contributed by atoms with Gasteiger partial charge in [0.05, 0.1) is 0 Å². The van der Waals surface area contributed by atoms with Crippen molar-refractivity contribution in [2.24, 2.45) is 4.99 Å². The molecule has 1 N–H and O–H groups in total. The van der Waals surface area contributed by atoms with E-state index < -0.39 is 0 Å². The number of rotatable bonds is 5. The summed E-state index contributed by atoms with van der Waals surface area (Å²) in [4.78, 5) is 4.04. The van der Waals surface area contributed by atoms with E-state index in [-0.39, 0.29) is 0 Å². The highest BCUT2D eigenvalue weighted by atomic mass is 16.5. The zero-order valence-corrected chi connectivity index (χ0v) is 12.7. The van der Waals surface area contributed by atoms with Gasteiger partial charge in [0.25, 0.3) is 0 Å². The molecule has 3 nitrogen and oxygen atoms in total. The Hall–Kier alpha value is -1.61. The van der Waals surface area contributed by atoms with E-state index in [0.29, 0.717) is 5.90 Å². The van der Waals surface area contributed by atoms with Crippen LogP contribution in [0.25, 0.3) is 0 Å². The average molecular weight is 262 g/mol. The quantitative estimate of drug-likeness (QED) is 0.651. The van der Waals surface area contributed by atoms with Crippen LogP contribution >= 0.6 is 0 Å². The highest BCUT2D eigenvalue weighted by Crippen LogP contribution is 2.13. The van der Waals surface area contributed by atoms with Crippen molar-refractivity contribution in [3.63, 3.8) is 0 Å². The summed E-state index contributed by atoms with van der Waals surface area (Å²) in [5.74, 6) is 1.44. The summed E-state index contributed by atoms with van der Waals surface area (Å²) in [5, 5.41) is 3.13. The summed E-state index contributed by atoms with van der Waals surface area (Å²) in [6.07, 6.45) is 4.78. The Balaban J connectivity index is 0.00000154. The molecule has 0 bridgehead atoms. The number of likely N-dealkylation sites (N-methyl/N-ethyl adjacent to an activating group) is 1. The lowest BCUT2D eigenvalue weighted by Gasteiger charge is -2.06. The van der Waals surface area contributed by atoms with Gasteiger partial charge in [-0.3, -0.25) is 4.99 Å². The first-order valence-electron chi connectivity index (χ1n) is 6.81. The minimum Gasteiger partial charge on any atom is -0.439 e. The number of aliphatic imine (C=N–C) groups is 1. The summed E-state index contributed by atoms with van der Waals surface area (Å²) in [5.41, 5.74) is 1.30. The summed E-state index contributed by atoms with van der Waals surface area (Å²) in [6, 6.07) is 8.10. The van der Waals surface area contributed by atoms with Crippen LogP contribution in [0.5, 0.6) is 5.75 Å². The molecule has 0 saturated heterocycles. The molecule has 0 aliphatic heterocycles. The third kappa shape index (κ3) is 7.42. The lowest BCUT2D eigenvalue weighted by atomic mass is 10.1. The lowest BCUT2D eigenvalue weighted by molar-refractivity contribution is 0.553. The molecule has 0 saturated carbocycles. The first kappa shape index (κ1) is 17.4. The fourth-order valence-electron chi connectivity index (χ4n) is 1.41. The first-order valence-corrected chi connectivity index (χ1v) is 6.81. The average Bonchev–Trinajstić information content (AvgIpc) is 2.48. The SMILES string of the molecule is C/C=C\C(=NC)Oc1ccc(CCNC)cc1.CC. The van der Waals surface area contributed by atoms with Crippen LogP contribution in [0.3, 0.4) is 0 Å². The van der Waals surface area contributed by atoms with Crippen LogP contribution in [0.2, 0.25) is 0 Å². The van der Waals surface area contributed by atoms with Crippen molar-refractivity contribution in [2.45, 2.75) is 27.2 Å². The monoisotopic (exact) mass is 262 g/mol. The molecule has 0 amide bonds. The van der Waals surface area contributed by atoms with Crippen LogP contribution in [0.4, 0.5) is 0 Å². The van der Waals surface area contributed by atoms with Gasteiger partial charge in [0.1, 0.15) is 5.75 Å². The van der Waals surface area contributed by atoms with Gasteiger partial charge in [-0.1, -0.05) is 32.1 Å². The Bertz CT molecular complexity index is 380. The van der Waals surface area contributed by atoms with Crippen molar-refractivity contribution >= 4 is 5.90 Å². The van der Waals surface area contributed by atoms with Crippen molar-refractivity contribution in [3.05, 3.63) is 42.0 Å². The van der Waals surface area contributed by atoms with Crippen molar-refractivity contribution < 1.29 is 4.74 Å². The topological polar surface area (TPSA) is 33.6 Å². The Morgan fingerprint density at radius 1 is 1.26 bits per heavy atom. The first-order chi connectivity index (χ1) is 9.30. The van der Waals surface area contributed by atoms with Gasteiger partial charge in [-0.15, -0.1) is 0 Å². The smallest absolute Gasteiger partial charge is 0.214 e. The summed E-state index contributed by atoms with van der Waals surface area (Å²) in [7, 11) is 3.68. The van der Waals surface area contributed by atoms with Gasteiger partial charge in [0, 0.05) is 7.05 Å². The molecule has 0 spiro atoms. The molecule has 0 unspecified atom stereocenters. The normalized spacial score (nSPS) is 11.1. The number of allylic oxidation sites excluding steroid dienone is 1. The van der Waals surface area contributed by atoms with Gasteiger partial charge in [-0.2, -0.15) is 0 Å². The van der Waals surface area contributed by atoms with Gasteiger partial charge in [0.2, 0.25) is 5.90 Å². The van der Waals surface area contributed by atoms with Crippen LogP contribution in [0.1, 0.15) is 26.3 Å². The van der Waals surface area contributed by atoms with Gasteiger partial charge in [-0.05, 0) is 50.7 Å². The maximum Gasteiger partial charge on any atom is 0.214 e. The van der Waals surface area contributed by atoms with E-state index in [1.807, 2.05) is 52.1 Å². The van der Waals surface area contributed by atoms with Crippen LogP contribution in [-0.4, -0.2) is 26.5 Å². The Morgan fingerprint density at radius 3 is 2.37 bits per heavy atom. The fraction of sp³-hybridized carbons (Fsp3) is 0.438. The highest BCUT2D eigenvalue weighted by molar-refractivity contribution is 5.89. The predicted octanol–water partition coefficient (Wildman–Crippen LogP) is 3.46. The van der Waals surface area contributed by atoms with Gasteiger partial charge in [-0.25, -0.2) is 0 Å². The number of hydrogen-bond acceptors (Lipinski definition) is 3. The highest BCUT2D eigenvalue weighted by Gasteiger charge is 1.98. The molecule has 0 atom stereocenters. The molecule has 0 fully saturated rings. The molecule has 0 heterocycles. The summed E-state index contributed by atoms with van der Waals surface area (Å²) < 4.78 is 5.61. The fourth-order valence-corrected chi connectivity index (χ4v) is 1.41. The van der Waals surface area contributed by atoms with E-state index in [2.05, 4.69) is 22.4 Å². The second-order valence-corrected chi connectivity index (χ2v) is 3.66. The number of nitrogens with zero attached hydrogens (tertiary/aromatic N) is 1. The van der Waals surface area contributed by atoms with Crippen LogP contribution < -0.4 is 10.1 Å². The predicted molar refractivity (Wildman–Crippen MR) is 84.2 cm³/mol. The molecule has 106 valence electrons. The molecule has 0 aromatic heterocycles. The molecule has 1 rings (SSSR count). The van der Waals surface area contributed by atoms with E-state index in [4.69, 9.17) is 4.74 Å². The van der Waals surface area contributed by atoms with E-state index in [1.54, 1.807) is 7.05 Å². The summed E-state index contributed by atoms with van der Waals surface area (Å²) >= 11 is 0. The van der Waals surface area contributed by atoms with Crippen molar-refractivity contribution in [3.8, 4) is 5.75 Å². The van der Waals surface area contributed by atoms with E-state index in [9.17, 15) is 0 Å². The molecular weight excluding hydrogens is 236 g/mol. The summed E-state index contributed by atoms with van der Waals surface area (Å²) in [6.45, 7) is 6.93. The molecular formula is C16H26N2O. The molecule has 3 heteroatoms. The number of hydrogen-bond donors (Lipinski definition) is 1. The maximum atomic E-state index is 5.61. The maximum absolute atomic E-state index is 5.61. The Labute approximate surface area is 117 Å². The second-order valence-electron chi connectivity index (χ2n) is 3.66. The zero-order valence-electron chi connectivity index (χ0n) is 12.7. The number of nitrogens with one attached hydrogen (secondary N) is 1. The Morgan fingerprint density at radius 2 is 1.89 bits per heavy atom. The lowest BCUT2D eigenvalue weighted by Crippen LogP contribution is -2.10. The molecule has 0 radical (unpaired) electrons. The van der Waals surface area contributed by atoms with E-state index in [1.165, 1.54) is 5.56 Å². The van der Waals surface area contributed by atoms with Crippen molar-refractivity contribution in [2.75, 3.05) is 20.6 Å². The minimum atomic E-state index is 0.621. The standard InChI is InChI=1S/C14H20N2O.C2H6/c1-4-5-14(16-3)17-13-8-6-12(7-9-13)10-11-15-2;1-2/h4-9,15H,10-11H2,1-3H3;1-2H3/b5-4-,16-14?;. The zero-order chi connectivity index (χ0) is 14.5. The molecule has 1 aromatic carbocycles. The van der Waals surface area contributed by atoms with Crippen molar-refractivity contribution in [1.82, 2.24) is 5.32 Å². The van der Waals surface area contributed by atoms with E-state index in [0.717, 1.165) is 18.7 Å². The number of ether oxygens (including phenoxy) is 1. The number of benzene rings is 1. The largest absolute Gasteiger partial charge is 0.439 e. The van der Waals surface area contributed by atoms with Crippen LogP contribution in [0, 0.1) is 0 Å². The van der Waals surface area contributed by atoms with Gasteiger partial charge in [0.15, 0.2) is 0 Å². The van der Waals surface area contributed by atoms with Crippen LogP contribution in [0.15, 0.2) is 41.4 Å². The van der Waals surface area contributed by atoms with Crippen molar-refractivity contribution in [1.29, 1.82) is 0 Å². The van der Waals surface area contributed by atoms with Gasteiger partial charge >= 0.3 is 0 Å². The Kier molecular flexibility index (Phi) is 10.5. The molecule has 1 aromatic rings. The molecule has 0 aliphatic carbocycles. The van der Waals surface area contributed by atoms with Gasteiger partial charge < -0.3 is 10.1 Å².